The zero-order chi connectivity index (χ0) is 18.5. The van der Waals surface area contributed by atoms with Crippen LogP contribution in [0.3, 0.4) is 0 Å². The summed E-state index contributed by atoms with van der Waals surface area (Å²) in [5, 5.41) is 3.20. The Labute approximate surface area is 156 Å². The minimum absolute atomic E-state index is 0.0445. The highest BCUT2D eigenvalue weighted by Gasteiger charge is 2.16. The van der Waals surface area contributed by atoms with E-state index in [0.717, 1.165) is 36.5 Å². The van der Waals surface area contributed by atoms with Crippen molar-refractivity contribution in [2.75, 3.05) is 40.5 Å². The normalized spacial score (nSPS) is 15.0. The second-order valence-corrected chi connectivity index (χ2v) is 7.33. The van der Waals surface area contributed by atoms with Gasteiger partial charge in [0.1, 0.15) is 0 Å². The lowest BCUT2D eigenvalue weighted by atomic mass is 9.99. The van der Waals surface area contributed by atoms with Crippen molar-refractivity contribution in [1.82, 2.24) is 15.0 Å². The van der Waals surface area contributed by atoms with Gasteiger partial charge in [-0.25, -0.2) is 0 Å². The van der Waals surface area contributed by atoms with E-state index < -0.39 is 0 Å². The van der Waals surface area contributed by atoms with E-state index in [1.54, 1.807) is 0 Å². The molecule has 0 radical (unpaired) electrons. The largest absolute Gasteiger partial charge is 0.372 e. The monoisotopic (exact) mass is 373 g/mol. The number of aromatic nitrogens is 3. The Bertz CT molecular complexity index is 740. The fraction of sp³-hybridized carbons (Fsp3) is 0.412. The number of hydrogen-bond donors (Lipinski definition) is 3. The summed E-state index contributed by atoms with van der Waals surface area (Å²) < 4.78 is 0. The fourth-order valence-electron chi connectivity index (χ4n) is 2.80. The molecular weight excluding hydrogens is 350 g/mol. The number of anilines is 4. The lowest BCUT2D eigenvalue weighted by molar-refractivity contribution is -0.113. The number of nitrogens with two attached hydrogens (primary N) is 2. The quantitative estimate of drug-likeness (QED) is 0.680. The summed E-state index contributed by atoms with van der Waals surface area (Å²) in [7, 11) is 0. The highest BCUT2D eigenvalue weighted by atomic mass is 32.2. The number of nitrogens with zero attached hydrogens (tertiary/aromatic N) is 4. The summed E-state index contributed by atoms with van der Waals surface area (Å²) in [6.07, 6.45) is 2.45. The molecular formula is C17H23N7OS. The van der Waals surface area contributed by atoms with E-state index in [9.17, 15) is 4.79 Å². The van der Waals surface area contributed by atoms with E-state index in [0.29, 0.717) is 5.16 Å². The summed E-state index contributed by atoms with van der Waals surface area (Å²) in [6.45, 7) is 4.47. The molecule has 0 atom stereocenters. The topological polar surface area (TPSA) is 123 Å². The van der Waals surface area contributed by atoms with Gasteiger partial charge >= 0.3 is 0 Å². The highest BCUT2D eigenvalue weighted by molar-refractivity contribution is 7.99. The van der Waals surface area contributed by atoms with Gasteiger partial charge in [-0.1, -0.05) is 18.7 Å². The molecule has 1 saturated heterocycles. The molecule has 0 saturated carbocycles. The van der Waals surface area contributed by atoms with Gasteiger partial charge in [0, 0.05) is 24.5 Å². The average molecular weight is 373 g/mol. The van der Waals surface area contributed by atoms with Crippen molar-refractivity contribution < 1.29 is 4.79 Å². The molecule has 26 heavy (non-hydrogen) atoms. The fourth-order valence-corrected chi connectivity index (χ4v) is 3.45. The number of nitrogen functional groups attached to an aromatic ring is 2. The number of carbonyl (C=O) groups is 1. The first-order valence-corrected chi connectivity index (χ1v) is 9.53. The summed E-state index contributed by atoms with van der Waals surface area (Å²) in [6, 6.07) is 7.95. The Morgan fingerprint density at radius 3 is 2.38 bits per heavy atom. The van der Waals surface area contributed by atoms with Gasteiger partial charge in [0.2, 0.25) is 17.8 Å². The van der Waals surface area contributed by atoms with E-state index in [4.69, 9.17) is 11.5 Å². The zero-order valence-electron chi connectivity index (χ0n) is 14.7. The van der Waals surface area contributed by atoms with Crippen LogP contribution in [0, 0.1) is 5.92 Å². The summed E-state index contributed by atoms with van der Waals surface area (Å²) in [5.41, 5.74) is 13.0. The number of nitrogens with one attached hydrogen (secondary N) is 1. The predicted molar refractivity (Wildman–Crippen MR) is 105 cm³/mol. The zero-order valence-corrected chi connectivity index (χ0v) is 15.5. The molecule has 8 nitrogen and oxygen atoms in total. The minimum Gasteiger partial charge on any atom is -0.372 e. The third-order valence-electron chi connectivity index (χ3n) is 4.28. The molecule has 5 N–H and O–H groups in total. The molecule has 138 valence electrons. The number of amides is 1. The number of piperidine rings is 1. The average Bonchev–Trinajstić information content (AvgIpc) is 2.61. The van der Waals surface area contributed by atoms with Gasteiger partial charge in [0.05, 0.1) is 5.75 Å². The van der Waals surface area contributed by atoms with Crippen molar-refractivity contribution in [3.8, 4) is 0 Å². The summed E-state index contributed by atoms with van der Waals surface area (Å²) >= 11 is 1.16. The molecule has 0 unspecified atom stereocenters. The van der Waals surface area contributed by atoms with Crippen molar-refractivity contribution in [3.63, 3.8) is 0 Å². The first-order chi connectivity index (χ1) is 12.5. The van der Waals surface area contributed by atoms with Crippen molar-refractivity contribution in [2.24, 2.45) is 5.92 Å². The highest BCUT2D eigenvalue weighted by Crippen LogP contribution is 2.24. The molecule has 0 aliphatic carbocycles. The van der Waals surface area contributed by atoms with Crippen LogP contribution in [0.2, 0.25) is 0 Å². The van der Waals surface area contributed by atoms with Crippen molar-refractivity contribution in [2.45, 2.75) is 24.9 Å². The van der Waals surface area contributed by atoms with Crippen LogP contribution in [0.15, 0.2) is 29.4 Å². The predicted octanol–water partition coefficient (Wildman–Crippen LogP) is 2.00. The molecule has 1 aliphatic rings. The SMILES string of the molecule is CC1CCN(c2ccc(NC(=O)CSc3nc(N)nc(N)n3)cc2)CC1. The number of carbonyl (C=O) groups excluding carboxylic acids is 1. The summed E-state index contributed by atoms with van der Waals surface area (Å²) in [5.74, 6) is 0.907. The van der Waals surface area contributed by atoms with Gasteiger partial charge in [0.15, 0.2) is 5.16 Å². The Kier molecular flexibility index (Phi) is 5.77. The van der Waals surface area contributed by atoms with Crippen LogP contribution >= 0.6 is 11.8 Å². The smallest absolute Gasteiger partial charge is 0.234 e. The second-order valence-electron chi connectivity index (χ2n) is 6.39. The van der Waals surface area contributed by atoms with Gasteiger partial charge in [0.25, 0.3) is 0 Å². The van der Waals surface area contributed by atoms with Gasteiger partial charge in [-0.3, -0.25) is 4.79 Å². The standard InChI is InChI=1S/C17H23N7OS/c1-11-6-8-24(9-7-11)13-4-2-12(3-5-13)20-14(25)10-26-17-22-15(18)21-16(19)23-17/h2-5,11H,6-10H2,1H3,(H,20,25)(H4,18,19,21,22,23). The van der Waals surface area contributed by atoms with E-state index in [2.05, 4.69) is 32.1 Å². The van der Waals surface area contributed by atoms with E-state index in [-0.39, 0.29) is 23.6 Å². The van der Waals surface area contributed by atoms with Crippen LogP contribution in [0.1, 0.15) is 19.8 Å². The maximum Gasteiger partial charge on any atom is 0.234 e. The van der Waals surface area contributed by atoms with Gasteiger partial charge in [-0.2, -0.15) is 15.0 Å². The van der Waals surface area contributed by atoms with Crippen LogP contribution in [-0.2, 0) is 4.79 Å². The molecule has 1 aliphatic heterocycles. The molecule has 3 rings (SSSR count). The second kappa shape index (κ2) is 8.22. The van der Waals surface area contributed by atoms with Crippen LogP contribution in [0.25, 0.3) is 0 Å². The maximum absolute atomic E-state index is 12.1. The molecule has 0 spiro atoms. The molecule has 9 heteroatoms. The van der Waals surface area contributed by atoms with Crippen LogP contribution < -0.4 is 21.7 Å². The van der Waals surface area contributed by atoms with Crippen molar-refractivity contribution >= 4 is 40.9 Å². The molecule has 1 aromatic carbocycles. The van der Waals surface area contributed by atoms with Crippen LogP contribution in [0.5, 0.6) is 0 Å². The third-order valence-corrected chi connectivity index (χ3v) is 5.13. The number of rotatable bonds is 5. The number of benzene rings is 1. The lowest BCUT2D eigenvalue weighted by Crippen LogP contribution is -2.32. The minimum atomic E-state index is -0.146. The molecule has 1 amide bonds. The van der Waals surface area contributed by atoms with Crippen LogP contribution in [-0.4, -0.2) is 39.7 Å². The Balaban J connectivity index is 1.51. The summed E-state index contributed by atoms with van der Waals surface area (Å²) in [4.78, 5) is 26.1. The van der Waals surface area contributed by atoms with Gasteiger partial charge in [-0.15, -0.1) is 0 Å². The van der Waals surface area contributed by atoms with Crippen molar-refractivity contribution in [3.05, 3.63) is 24.3 Å². The lowest BCUT2D eigenvalue weighted by Gasteiger charge is -2.32. The number of hydrogen-bond acceptors (Lipinski definition) is 8. The van der Waals surface area contributed by atoms with E-state index in [1.165, 1.54) is 18.5 Å². The first-order valence-electron chi connectivity index (χ1n) is 8.54. The molecule has 2 aromatic rings. The maximum atomic E-state index is 12.1. The number of thioether (sulfide) groups is 1. The van der Waals surface area contributed by atoms with Gasteiger partial charge < -0.3 is 21.7 Å². The molecule has 1 aromatic heterocycles. The molecule has 1 fully saturated rings. The van der Waals surface area contributed by atoms with Crippen LogP contribution in [0.4, 0.5) is 23.3 Å². The van der Waals surface area contributed by atoms with Crippen molar-refractivity contribution in [1.29, 1.82) is 0 Å². The Morgan fingerprint density at radius 1 is 1.15 bits per heavy atom. The van der Waals surface area contributed by atoms with E-state index >= 15 is 0 Å². The first kappa shape index (κ1) is 18.2. The Morgan fingerprint density at radius 2 is 1.77 bits per heavy atom. The Hall–Kier alpha value is -2.55. The van der Waals surface area contributed by atoms with Gasteiger partial charge in [-0.05, 0) is 43.0 Å². The third kappa shape index (κ3) is 4.98. The van der Waals surface area contributed by atoms with E-state index in [1.807, 2.05) is 24.3 Å². The molecule has 2 heterocycles. The molecule has 0 bridgehead atoms.